The van der Waals surface area contributed by atoms with Crippen LogP contribution in [0.15, 0.2) is 5.10 Å². The zero-order valence-electron chi connectivity index (χ0n) is 6.69. The Hall–Kier alpha value is -0.580. The van der Waals surface area contributed by atoms with Crippen LogP contribution in [0, 0.1) is 0 Å². The molecular formula is C6H12N2O2S. The van der Waals surface area contributed by atoms with Crippen LogP contribution in [0.5, 0.6) is 0 Å². The van der Waals surface area contributed by atoms with Crippen LogP contribution in [-0.2, 0) is 9.84 Å². The Morgan fingerprint density at radius 3 is 2.64 bits per heavy atom. The lowest BCUT2D eigenvalue weighted by atomic mass is 10.5. The molecule has 11 heavy (non-hydrogen) atoms. The smallest absolute Gasteiger partial charge is 0.169 e. The molecule has 5 heteroatoms. The molecule has 0 amide bonds. The summed E-state index contributed by atoms with van der Waals surface area (Å²) in [5.41, 5.74) is 0. The van der Waals surface area contributed by atoms with Gasteiger partial charge in [-0.1, -0.05) is 0 Å². The van der Waals surface area contributed by atoms with Gasteiger partial charge >= 0.3 is 0 Å². The third-order valence-electron chi connectivity index (χ3n) is 1.76. The van der Waals surface area contributed by atoms with Gasteiger partial charge in [-0.2, -0.15) is 5.10 Å². The van der Waals surface area contributed by atoms with Crippen molar-refractivity contribution in [3.63, 3.8) is 0 Å². The first-order valence-electron chi connectivity index (χ1n) is 3.50. The lowest BCUT2D eigenvalue weighted by Crippen LogP contribution is -2.32. The van der Waals surface area contributed by atoms with E-state index < -0.39 is 15.2 Å². The molecule has 0 saturated carbocycles. The highest BCUT2D eigenvalue weighted by atomic mass is 32.2. The van der Waals surface area contributed by atoms with Crippen molar-refractivity contribution in [1.29, 1.82) is 0 Å². The van der Waals surface area contributed by atoms with E-state index in [1.54, 1.807) is 18.1 Å². The number of nitrogens with zero attached hydrogens (tertiary/aromatic N) is 2. The Morgan fingerprint density at radius 2 is 2.27 bits per heavy atom. The van der Waals surface area contributed by atoms with Gasteiger partial charge < -0.3 is 0 Å². The molecule has 1 rings (SSSR count). The van der Waals surface area contributed by atoms with Crippen LogP contribution in [0.4, 0.5) is 0 Å². The van der Waals surface area contributed by atoms with Crippen LogP contribution in [0.3, 0.4) is 0 Å². The molecular weight excluding hydrogens is 164 g/mol. The standard InChI is InChI=1S/C6H12N2O2S/c1-6(11(2,9)10)8-5-3-4-7-8/h4,6H,3,5H2,1-2H3. The van der Waals surface area contributed by atoms with Crippen LogP contribution in [0.2, 0.25) is 0 Å². The number of rotatable bonds is 2. The molecule has 0 aliphatic carbocycles. The normalized spacial score (nSPS) is 20.7. The Labute approximate surface area is 66.8 Å². The summed E-state index contributed by atoms with van der Waals surface area (Å²) in [4.78, 5) is 0. The molecule has 0 spiro atoms. The maximum Gasteiger partial charge on any atom is 0.169 e. The maximum atomic E-state index is 11.0. The van der Waals surface area contributed by atoms with Gasteiger partial charge in [-0.05, 0) is 6.92 Å². The van der Waals surface area contributed by atoms with Crippen LogP contribution in [-0.4, -0.2) is 37.8 Å². The monoisotopic (exact) mass is 176 g/mol. The van der Waals surface area contributed by atoms with Crippen molar-refractivity contribution in [1.82, 2.24) is 5.01 Å². The molecule has 4 nitrogen and oxygen atoms in total. The molecule has 1 aliphatic heterocycles. The molecule has 1 atom stereocenters. The second-order valence-corrected chi connectivity index (χ2v) is 5.02. The summed E-state index contributed by atoms with van der Waals surface area (Å²) in [6, 6.07) is 0. The van der Waals surface area contributed by atoms with Crippen molar-refractivity contribution in [3.05, 3.63) is 0 Å². The molecule has 0 N–H and O–H groups in total. The summed E-state index contributed by atoms with van der Waals surface area (Å²) in [6.45, 7) is 2.37. The minimum absolute atomic E-state index is 0.485. The van der Waals surface area contributed by atoms with Crippen molar-refractivity contribution < 1.29 is 8.42 Å². The molecule has 0 saturated heterocycles. The van der Waals surface area contributed by atoms with Gasteiger partial charge in [0.1, 0.15) is 5.37 Å². The molecule has 0 fully saturated rings. The van der Waals surface area contributed by atoms with Crippen molar-refractivity contribution in [2.75, 3.05) is 12.8 Å². The van der Waals surface area contributed by atoms with E-state index in [0.717, 1.165) is 6.42 Å². The number of hydrogen-bond donors (Lipinski definition) is 0. The van der Waals surface area contributed by atoms with Gasteiger partial charge in [0.2, 0.25) is 0 Å². The van der Waals surface area contributed by atoms with E-state index in [9.17, 15) is 8.42 Å². The predicted molar refractivity (Wildman–Crippen MR) is 44.1 cm³/mol. The minimum atomic E-state index is -2.97. The van der Waals surface area contributed by atoms with E-state index in [1.165, 1.54) is 6.26 Å². The van der Waals surface area contributed by atoms with Gasteiger partial charge in [0.15, 0.2) is 9.84 Å². The third kappa shape index (κ3) is 1.92. The van der Waals surface area contributed by atoms with Crippen molar-refractivity contribution in [2.45, 2.75) is 18.7 Å². The first kappa shape index (κ1) is 8.52. The van der Waals surface area contributed by atoms with E-state index in [0.29, 0.717) is 6.54 Å². The van der Waals surface area contributed by atoms with Gasteiger partial charge in [0, 0.05) is 25.4 Å². The lowest BCUT2D eigenvalue weighted by Gasteiger charge is -2.20. The van der Waals surface area contributed by atoms with Crippen LogP contribution < -0.4 is 0 Å². The summed E-state index contributed by atoms with van der Waals surface area (Å²) in [7, 11) is -2.97. The van der Waals surface area contributed by atoms with Crippen LogP contribution >= 0.6 is 0 Å². The lowest BCUT2D eigenvalue weighted by molar-refractivity contribution is 0.300. The molecule has 0 aromatic heterocycles. The highest BCUT2D eigenvalue weighted by molar-refractivity contribution is 7.91. The third-order valence-corrected chi connectivity index (χ3v) is 3.24. The van der Waals surface area contributed by atoms with E-state index in [1.807, 2.05) is 0 Å². The topological polar surface area (TPSA) is 49.7 Å². The van der Waals surface area contributed by atoms with Crippen molar-refractivity contribution in [3.8, 4) is 0 Å². The highest BCUT2D eigenvalue weighted by Crippen LogP contribution is 2.10. The van der Waals surface area contributed by atoms with Crippen LogP contribution in [0.25, 0.3) is 0 Å². The fraction of sp³-hybridized carbons (Fsp3) is 0.833. The molecule has 0 aromatic rings. The largest absolute Gasteiger partial charge is 0.279 e. The average Bonchev–Trinajstić information content (AvgIpc) is 2.34. The predicted octanol–water partition coefficient (Wildman–Crippen LogP) is 0.0685. The van der Waals surface area contributed by atoms with Gasteiger partial charge in [-0.3, -0.25) is 5.01 Å². The van der Waals surface area contributed by atoms with E-state index in [4.69, 9.17) is 0 Å². The van der Waals surface area contributed by atoms with Gasteiger partial charge in [-0.25, -0.2) is 8.42 Å². The first-order chi connectivity index (χ1) is 5.02. The molecule has 1 unspecified atom stereocenters. The van der Waals surface area contributed by atoms with Gasteiger partial charge in [0.25, 0.3) is 0 Å². The zero-order valence-corrected chi connectivity index (χ0v) is 7.50. The van der Waals surface area contributed by atoms with Crippen molar-refractivity contribution in [2.24, 2.45) is 5.10 Å². The summed E-state index contributed by atoms with van der Waals surface area (Å²) >= 11 is 0. The van der Waals surface area contributed by atoms with Gasteiger partial charge in [0.05, 0.1) is 0 Å². The molecule has 64 valence electrons. The molecule has 1 heterocycles. The molecule has 0 bridgehead atoms. The average molecular weight is 176 g/mol. The molecule has 1 aliphatic rings. The quantitative estimate of drug-likeness (QED) is 0.598. The number of hydrogen-bond acceptors (Lipinski definition) is 4. The Morgan fingerprint density at radius 1 is 1.64 bits per heavy atom. The first-order valence-corrected chi connectivity index (χ1v) is 5.45. The molecule has 0 aromatic carbocycles. The summed E-state index contributed by atoms with van der Waals surface area (Å²) in [5, 5.41) is 5.04. The fourth-order valence-corrected chi connectivity index (χ4v) is 1.51. The Balaban J connectivity index is 2.68. The molecule has 0 radical (unpaired) electrons. The minimum Gasteiger partial charge on any atom is -0.279 e. The zero-order chi connectivity index (χ0) is 8.48. The summed E-state index contributed by atoms with van der Waals surface area (Å²) in [6.07, 6.45) is 3.81. The van der Waals surface area contributed by atoms with Gasteiger partial charge in [-0.15, -0.1) is 0 Å². The van der Waals surface area contributed by atoms with E-state index in [2.05, 4.69) is 5.10 Å². The summed E-state index contributed by atoms with van der Waals surface area (Å²) in [5.74, 6) is 0. The SMILES string of the molecule is CC(N1CCC=N1)S(C)(=O)=O. The number of sulfone groups is 1. The Kier molecular flexibility index (Phi) is 2.17. The Bertz CT molecular complexity index is 258. The second kappa shape index (κ2) is 2.81. The van der Waals surface area contributed by atoms with E-state index >= 15 is 0 Å². The number of hydrazone groups is 1. The fourth-order valence-electron chi connectivity index (χ4n) is 0.907. The second-order valence-electron chi connectivity index (χ2n) is 2.68. The van der Waals surface area contributed by atoms with Crippen LogP contribution in [0.1, 0.15) is 13.3 Å². The van der Waals surface area contributed by atoms with Crippen molar-refractivity contribution >= 4 is 16.1 Å². The summed E-state index contributed by atoms with van der Waals surface area (Å²) < 4.78 is 22.0. The highest BCUT2D eigenvalue weighted by Gasteiger charge is 2.22. The van der Waals surface area contributed by atoms with E-state index in [-0.39, 0.29) is 0 Å². The maximum absolute atomic E-state index is 11.0.